The first-order chi connectivity index (χ1) is 15.8. The molecule has 2 aromatic rings. The first kappa shape index (κ1) is 24.0. The molecule has 0 unspecified atom stereocenters. The van der Waals surface area contributed by atoms with Crippen LogP contribution in [-0.4, -0.2) is 78.7 Å². The molecule has 0 saturated carbocycles. The van der Waals surface area contributed by atoms with Crippen LogP contribution in [0, 0.1) is 6.92 Å². The number of benzene rings is 2. The summed E-state index contributed by atoms with van der Waals surface area (Å²) in [6.07, 6.45) is 2.22. The van der Waals surface area contributed by atoms with Gasteiger partial charge >= 0.3 is 0 Å². The van der Waals surface area contributed by atoms with Gasteiger partial charge in [-0.05, 0) is 67.8 Å². The molecule has 33 heavy (non-hydrogen) atoms. The van der Waals surface area contributed by atoms with Gasteiger partial charge in [-0.3, -0.25) is 4.90 Å². The SMILES string of the molecule is COc1ccc(S(=O)(=O)NC[C@H](c2ccc3c(c2)CCCN3C)N2CCN(C)CC2)cc1C. The lowest BCUT2D eigenvalue weighted by molar-refractivity contribution is 0.113. The second-order valence-corrected chi connectivity index (χ2v) is 11.0. The predicted molar refractivity (Wildman–Crippen MR) is 133 cm³/mol. The van der Waals surface area contributed by atoms with Crippen molar-refractivity contribution in [3.8, 4) is 5.75 Å². The van der Waals surface area contributed by atoms with Crippen LogP contribution in [0.25, 0.3) is 0 Å². The van der Waals surface area contributed by atoms with Crippen molar-refractivity contribution in [2.75, 3.05) is 65.4 Å². The topological polar surface area (TPSA) is 65.1 Å². The van der Waals surface area contributed by atoms with Gasteiger partial charge < -0.3 is 14.5 Å². The van der Waals surface area contributed by atoms with E-state index < -0.39 is 10.0 Å². The molecule has 1 saturated heterocycles. The molecular formula is C25H36N4O3S. The number of ether oxygens (including phenoxy) is 1. The highest BCUT2D eigenvalue weighted by molar-refractivity contribution is 7.89. The van der Waals surface area contributed by atoms with Gasteiger partial charge in [-0.1, -0.05) is 12.1 Å². The highest BCUT2D eigenvalue weighted by Gasteiger charge is 2.27. The number of fused-ring (bicyclic) bond motifs is 1. The Morgan fingerprint density at radius 3 is 2.48 bits per heavy atom. The van der Waals surface area contributed by atoms with Crippen molar-refractivity contribution in [2.45, 2.75) is 30.7 Å². The Labute approximate surface area is 198 Å². The first-order valence-electron chi connectivity index (χ1n) is 11.7. The summed E-state index contributed by atoms with van der Waals surface area (Å²) in [5, 5.41) is 0. The monoisotopic (exact) mass is 472 g/mol. The van der Waals surface area contributed by atoms with Crippen LogP contribution in [0.3, 0.4) is 0 Å². The van der Waals surface area contributed by atoms with Crippen molar-refractivity contribution >= 4 is 15.7 Å². The molecule has 2 aromatic carbocycles. The molecule has 2 aliphatic heterocycles. The minimum atomic E-state index is -3.64. The molecule has 0 spiro atoms. The lowest BCUT2D eigenvalue weighted by Gasteiger charge is -2.39. The molecule has 0 radical (unpaired) electrons. The molecule has 4 rings (SSSR count). The van der Waals surface area contributed by atoms with Crippen molar-refractivity contribution in [1.29, 1.82) is 0 Å². The van der Waals surface area contributed by atoms with E-state index in [-0.39, 0.29) is 10.9 Å². The molecular weight excluding hydrogens is 436 g/mol. The van der Waals surface area contributed by atoms with E-state index in [1.807, 2.05) is 6.92 Å². The molecule has 7 nitrogen and oxygen atoms in total. The fourth-order valence-electron chi connectivity index (χ4n) is 4.89. The molecule has 1 fully saturated rings. The lowest BCUT2D eigenvalue weighted by atomic mass is 9.95. The molecule has 180 valence electrons. The van der Waals surface area contributed by atoms with Crippen LogP contribution in [0.4, 0.5) is 5.69 Å². The van der Waals surface area contributed by atoms with Crippen LogP contribution >= 0.6 is 0 Å². The standard InChI is InChI=1S/C25H36N4O3S/c1-19-16-22(8-10-25(19)32-4)33(30,31)26-18-24(29-14-12-27(2)13-15-29)21-7-9-23-20(17-21)6-5-11-28(23)3/h7-10,16-17,24,26H,5-6,11-15,18H2,1-4H3/t24-/m1/s1. The van der Waals surface area contributed by atoms with Crippen molar-refractivity contribution in [3.63, 3.8) is 0 Å². The third-order valence-electron chi connectivity index (χ3n) is 6.96. The fourth-order valence-corrected chi connectivity index (χ4v) is 6.02. The summed E-state index contributed by atoms with van der Waals surface area (Å²) in [5.74, 6) is 0.684. The summed E-state index contributed by atoms with van der Waals surface area (Å²) in [5.41, 5.74) is 4.63. The van der Waals surface area contributed by atoms with E-state index in [2.05, 4.69) is 51.7 Å². The molecule has 0 aliphatic carbocycles. The van der Waals surface area contributed by atoms with Crippen molar-refractivity contribution in [2.24, 2.45) is 0 Å². The van der Waals surface area contributed by atoms with E-state index in [0.717, 1.165) is 51.1 Å². The lowest BCUT2D eigenvalue weighted by Crippen LogP contribution is -2.48. The number of sulfonamides is 1. The predicted octanol–water partition coefficient (Wildman–Crippen LogP) is 2.65. The summed E-state index contributed by atoms with van der Waals surface area (Å²) in [7, 11) is 2.23. The number of nitrogens with zero attached hydrogens (tertiary/aromatic N) is 3. The maximum Gasteiger partial charge on any atom is 0.240 e. The van der Waals surface area contributed by atoms with Crippen LogP contribution < -0.4 is 14.4 Å². The number of anilines is 1. The minimum absolute atomic E-state index is 0.00893. The van der Waals surface area contributed by atoms with Gasteiger partial charge in [-0.15, -0.1) is 0 Å². The number of aryl methyl sites for hydroxylation is 2. The Morgan fingerprint density at radius 1 is 1.03 bits per heavy atom. The molecule has 0 bridgehead atoms. The van der Waals surface area contributed by atoms with E-state index in [4.69, 9.17) is 4.74 Å². The normalized spacial score (nSPS) is 18.7. The first-order valence-corrected chi connectivity index (χ1v) is 13.2. The van der Waals surface area contributed by atoms with Crippen LogP contribution in [0.1, 0.15) is 29.2 Å². The average Bonchev–Trinajstić information content (AvgIpc) is 2.80. The summed E-state index contributed by atoms with van der Waals surface area (Å²) >= 11 is 0. The summed E-state index contributed by atoms with van der Waals surface area (Å²) in [4.78, 5) is 7.31. The number of hydrogen-bond acceptors (Lipinski definition) is 6. The summed E-state index contributed by atoms with van der Waals surface area (Å²) in [6.45, 7) is 7.07. The van der Waals surface area contributed by atoms with Gasteiger partial charge in [0.25, 0.3) is 0 Å². The number of likely N-dealkylation sites (N-methyl/N-ethyl adjacent to an activating group) is 1. The van der Waals surface area contributed by atoms with Crippen molar-refractivity contribution in [1.82, 2.24) is 14.5 Å². The van der Waals surface area contributed by atoms with E-state index in [1.54, 1.807) is 25.3 Å². The second-order valence-electron chi connectivity index (χ2n) is 9.25. The molecule has 0 aromatic heterocycles. The van der Waals surface area contributed by atoms with Crippen LogP contribution in [0.15, 0.2) is 41.3 Å². The zero-order chi connectivity index (χ0) is 23.6. The molecule has 1 N–H and O–H groups in total. The number of rotatable bonds is 7. The van der Waals surface area contributed by atoms with E-state index in [1.165, 1.54) is 16.8 Å². The van der Waals surface area contributed by atoms with Crippen LogP contribution in [0.2, 0.25) is 0 Å². The quantitative estimate of drug-likeness (QED) is 0.669. The smallest absolute Gasteiger partial charge is 0.240 e. The van der Waals surface area contributed by atoms with Crippen molar-refractivity contribution < 1.29 is 13.2 Å². The maximum atomic E-state index is 13.1. The van der Waals surface area contributed by atoms with E-state index >= 15 is 0 Å². The Bertz CT molecular complexity index is 1080. The molecule has 8 heteroatoms. The Morgan fingerprint density at radius 2 is 1.79 bits per heavy atom. The average molecular weight is 473 g/mol. The Hall–Kier alpha value is -2.13. The molecule has 0 amide bonds. The highest BCUT2D eigenvalue weighted by Crippen LogP contribution is 2.31. The maximum absolute atomic E-state index is 13.1. The van der Waals surface area contributed by atoms with Gasteiger partial charge in [-0.2, -0.15) is 0 Å². The van der Waals surface area contributed by atoms with Gasteiger partial charge in [-0.25, -0.2) is 13.1 Å². The fraction of sp³-hybridized carbons (Fsp3) is 0.520. The summed E-state index contributed by atoms with van der Waals surface area (Å²) < 4.78 is 34.5. The van der Waals surface area contributed by atoms with Crippen LogP contribution in [-0.2, 0) is 16.4 Å². The molecule has 2 aliphatic rings. The zero-order valence-corrected chi connectivity index (χ0v) is 21.0. The summed E-state index contributed by atoms with van der Waals surface area (Å²) in [6, 6.07) is 11.6. The molecule has 2 heterocycles. The third kappa shape index (κ3) is 5.35. The second kappa shape index (κ2) is 10.0. The highest BCUT2D eigenvalue weighted by atomic mass is 32.2. The molecule has 1 atom stereocenters. The van der Waals surface area contributed by atoms with Gasteiger partial charge in [0.05, 0.1) is 12.0 Å². The van der Waals surface area contributed by atoms with Crippen molar-refractivity contribution in [3.05, 3.63) is 53.1 Å². The number of nitrogens with one attached hydrogen (secondary N) is 1. The van der Waals surface area contributed by atoms with E-state index in [0.29, 0.717) is 12.3 Å². The number of hydrogen-bond donors (Lipinski definition) is 1. The largest absolute Gasteiger partial charge is 0.496 e. The zero-order valence-electron chi connectivity index (χ0n) is 20.2. The third-order valence-corrected chi connectivity index (χ3v) is 8.38. The van der Waals surface area contributed by atoms with Gasteiger partial charge in [0, 0.05) is 58.0 Å². The van der Waals surface area contributed by atoms with Crippen LogP contribution in [0.5, 0.6) is 5.75 Å². The minimum Gasteiger partial charge on any atom is -0.496 e. The Balaban J connectivity index is 1.58. The number of methoxy groups -OCH3 is 1. The van der Waals surface area contributed by atoms with Gasteiger partial charge in [0.2, 0.25) is 10.0 Å². The number of piperazine rings is 1. The van der Waals surface area contributed by atoms with Gasteiger partial charge in [0.15, 0.2) is 0 Å². The Kier molecular flexibility index (Phi) is 7.28. The van der Waals surface area contributed by atoms with Gasteiger partial charge in [0.1, 0.15) is 5.75 Å². The van der Waals surface area contributed by atoms with E-state index in [9.17, 15) is 8.42 Å².